The SMILES string of the molecule is CC.Cc1[nH]c(=O)c2c(OC(C)C3CN(C(=O)OC(C)(C)C)C(C)CN3)nc(Cl)c(F)c2c1C. The third-order valence-corrected chi connectivity index (χ3v) is 5.87. The van der Waals surface area contributed by atoms with Crippen molar-refractivity contribution >= 4 is 28.5 Å². The maximum absolute atomic E-state index is 14.7. The number of aromatic nitrogens is 2. The number of ether oxygens (including phenoxy) is 2. The minimum atomic E-state index is -0.755. The molecule has 1 aliphatic rings. The monoisotopic (exact) mass is 498 g/mol. The Bertz CT molecular complexity index is 1090. The van der Waals surface area contributed by atoms with Crippen molar-refractivity contribution in [1.29, 1.82) is 0 Å². The van der Waals surface area contributed by atoms with Crippen molar-refractivity contribution in [1.82, 2.24) is 20.2 Å². The van der Waals surface area contributed by atoms with Crippen LogP contribution in [0.15, 0.2) is 4.79 Å². The Morgan fingerprint density at radius 3 is 2.47 bits per heavy atom. The molecule has 2 aromatic rings. The number of carbonyl (C=O) groups is 1. The molecule has 8 nitrogen and oxygen atoms in total. The maximum Gasteiger partial charge on any atom is 0.410 e. The van der Waals surface area contributed by atoms with Crippen molar-refractivity contribution in [2.24, 2.45) is 0 Å². The van der Waals surface area contributed by atoms with E-state index >= 15 is 0 Å². The number of rotatable bonds is 3. The second-order valence-electron chi connectivity index (χ2n) is 9.30. The predicted molar refractivity (Wildman–Crippen MR) is 132 cm³/mol. The Kier molecular flexibility index (Phi) is 8.93. The van der Waals surface area contributed by atoms with Crippen LogP contribution in [0.3, 0.4) is 0 Å². The van der Waals surface area contributed by atoms with Gasteiger partial charge in [-0.15, -0.1) is 0 Å². The first kappa shape index (κ1) is 27.9. The van der Waals surface area contributed by atoms with E-state index in [-0.39, 0.29) is 33.9 Å². The normalized spacial score (nSPS) is 19.3. The number of aromatic amines is 1. The molecule has 2 N–H and O–H groups in total. The third-order valence-electron chi connectivity index (χ3n) is 5.62. The molecule has 0 bridgehead atoms. The molecule has 3 atom stereocenters. The summed E-state index contributed by atoms with van der Waals surface area (Å²) in [7, 11) is 0. The van der Waals surface area contributed by atoms with Crippen LogP contribution in [0, 0.1) is 19.7 Å². The van der Waals surface area contributed by atoms with Crippen LogP contribution < -0.4 is 15.6 Å². The van der Waals surface area contributed by atoms with Gasteiger partial charge in [-0.3, -0.25) is 4.79 Å². The fourth-order valence-electron chi connectivity index (χ4n) is 3.71. The lowest BCUT2D eigenvalue weighted by atomic mass is 10.1. The van der Waals surface area contributed by atoms with Crippen LogP contribution in [0.4, 0.5) is 9.18 Å². The molecule has 3 unspecified atom stereocenters. The Labute approximate surface area is 205 Å². The average Bonchev–Trinajstić information content (AvgIpc) is 2.74. The van der Waals surface area contributed by atoms with Gasteiger partial charge in [0, 0.05) is 30.2 Å². The van der Waals surface area contributed by atoms with Gasteiger partial charge in [-0.1, -0.05) is 25.4 Å². The largest absolute Gasteiger partial charge is 0.472 e. The fraction of sp³-hybridized carbons (Fsp3) is 0.625. The van der Waals surface area contributed by atoms with Crippen molar-refractivity contribution in [2.75, 3.05) is 13.1 Å². The quantitative estimate of drug-likeness (QED) is 0.594. The molecule has 0 aromatic carbocycles. The topological polar surface area (TPSA) is 96.6 Å². The van der Waals surface area contributed by atoms with Crippen LogP contribution in [0.1, 0.15) is 59.7 Å². The fourth-order valence-corrected chi connectivity index (χ4v) is 3.88. The highest BCUT2D eigenvalue weighted by Gasteiger charge is 2.35. The number of halogens is 2. The summed E-state index contributed by atoms with van der Waals surface area (Å²) in [5.74, 6) is -0.804. The van der Waals surface area contributed by atoms with E-state index in [0.717, 1.165) is 0 Å². The minimum absolute atomic E-state index is 0.00928. The summed E-state index contributed by atoms with van der Waals surface area (Å²) in [6.45, 7) is 17.4. The zero-order valence-corrected chi connectivity index (χ0v) is 22.2. The van der Waals surface area contributed by atoms with E-state index in [1.54, 1.807) is 25.7 Å². The standard InChI is InChI=1S/C22H30ClFN4O4.C2H6/c1-10-8-25-14(9-28(10)21(30)32-22(5,6)7)13(4)31-20-16-15(17(24)18(23)27-20)11(2)12(3)26-19(16)29;1-2/h10,13-14,25H,8-9H2,1-7H3,(H,26,29);1-2H3. The van der Waals surface area contributed by atoms with E-state index in [1.807, 2.05) is 41.5 Å². The van der Waals surface area contributed by atoms with Gasteiger partial charge < -0.3 is 24.7 Å². The van der Waals surface area contributed by atoms with Crippen LogP contribution in [-0.2, 0) is 4.74 Å². The maximum atomic E-state index is 14.7. The molecule has 1 saturated heterocycles. The molecule has 1 fully saturated rings. The first-order valence-corrected chi connectivity index (χ1v) is 12.0. The van der Waals surface area contributed by atoms with Gasteiger partial charge in [-0.2, -0.15) is 4.98 Å². The number of carbonyl (C=O) groups excluding carboxylic acids is 1. The van der Waals surface area contributed by atoms with Crippen LogP contribution in [-0.4, -0.2) is 57.8 Å². The summed E-state index contributed by atoms with van der Waals surface area (Å²) < 4.78 is 26.3. The number of piperazine rings is 1. The molecule has 3 heterocycles. The van der Waals surface area contributed by atoms with E-state index in [1.165, 1.54) is 0 Å². The molecule has 0 radical (unpaired) electrons. The molecular formula is C24H36ClFN4O4. The van der Waals surface area contributed by atoms with Crippen LogP contribution in [0.2, 0.25) is 5.15 Å². The number of amides is 1. The summed E-state index contributed by atoms with van der Waals surface area (Å²) >= 11 is 6.02. The van der Waals surface area contributed by atoms with E-state index in [4.69, 9.17) is 21.1 Å². The van der Waals surface area contributed by atoms with Crippen LogP contribution in [0.25, 0.3) is 10.8 Å². The van der Waals surface area contributed by atoms with Crippen molar-refractivity contribution in [2.45, 2.75) is 86.1 Å². The predicted octanol–water partition coefficient (Wildman–Crippen LogP) is 4.72. The molecule has 10 heteroatoms. The minimum Gasteiger partial charge on any atom is -0.472 e. The Hall–Kier alpha value is -2.39. The van der Waals surface area contributed by atoms with Gasteiger partial charge >= 0.3 is 6.09 Å². The molecular weight excluding hydrogens is 463 g/mol. The first-order valence-electron chi connectivity index (χ1n) is 11.6. The molecule has 0 spiro atoms. The Balaban J connectivity index is 0.00000199. The van der Waals surface area contributed by atoms with Gasteiger partial charge in [0.1, 0.15) is 17.1 Å². The summed E-state index contributed by atoms with van der Waals surface area (Å²) in [5, 5.41) is 3.08. The lowest BCUT2D eigenvalue weighted by Gasteiger charge is -2.41. The molecule has 3 rings (SSSR count). The van der Waals surface area contributed by atoms with Gasteiger partial charge in [0.15, 0.2) is 11.0 Å². The van der Waals surface area contributed by atoms with Crippen LogP contribution >= 0.6 is 11.6 Å². The highest BCUT2D eigenvalue weighted by atomic mass is 35.5. The number of nitrogens with zero attached hydrogens (tertiary/aromatic N) is 2. The highest BCUT2D eigenvalue weighted by molar-refractivity contribution is 6.30. The zero-order chi connectivity index (χ0) is 26.0. The van der Waals surface area contributed by atoms with E-state index in [2.05, 4.69) is 15.3 Å². The number of aryl methyl sites for hydroxylation is 2. The van der Waals surface area contributed by atoms with Crippen molar-refractivity contribution in [3.05, 3.63) is 32.6 Å². The number of nitrogens with one attached hydrogen (secondary N) is 2. The smallest absolute Gasteiger partial charge is 0.410 e. The van der Waals surface area contributed by atoms with E-state index in [0.29, 0.717) is 24.3 Å². The molecule has 1 aliphatic heterocycles. The molecule has 0 aliphatic carbocycles. The van der Waals surface area contributed by atoms with Gasteiger partial charge in [-0.25, -0.2) is 9.18 Å². The van der Waals surface area contributed by atoms with Gasteiger partial charge in [0.2, 0.25) is 5.88 Å². The Morgan fingerprint density at radius 1 is 1.26 bits per heavy atom. The van der Waals surface area contributed by atoms with Crippen molar-refractivity contribution < 1.29 is 18.7 Å². The van der Waals surface area contributed by atoms with Gasteiger partial charge in [0.25, 0.3) is 5.56 Å². The summed E-state index contributed by atoms with van der Waals surface area (Å²) in [6.07, 6.45) is -0.912. The van der Waals surface area contributed by atoms with Gasteiger partial charge in [-0.05, 0) is 54.0 Å². The molecule has 34 heavy (non-hydrogen) atoms. The molecule has 190 valence electrons. The van der Waals surface area contributed by atoms with Crippen LogP contribution in [0.5, 0.6) is 5.88 Å². The lowest BCUT2D eigenvalue weighted by Crippen LogP contribution is -2.61. The molecule has 2 aromatic heterocycles. The highest BCUT2D eigenvalue weighted by Crippen LogP contribution is 2.31. The molecule has 0 saturated carbocycles. The van der Waals surface area contributed by atoms with E-state index in [9.17, 15) is 14.0 Å². The first-order chi connectivity index (χ1) is 15.8. The number of fused-ring (bicyclic) bond motifs is 1. The zero-order valence-electron chi connectivity index (χ0n) is 21.4. The second kappa shape index (κ2) is 10.9. The van der Waals surface area contributed by atoms with Gasteiger partial charge in [0.05, 0.1) is 6.04 Å². The average molecular weight is 499 g/mol. The number of H-pyrrole nitrogens is 1. The lowest BCUT2D eigenvalue weighted by molar-refractivity contribution is 0.00292. The Morgan fingerprint density at radius 2 is 1.88 bits per heavy atom. The number of pyridine rings is 2. The number of hydrogen-bond donors (Lipinski definition) is 2. The number of hydrogen-bond acceptors (Lipinski definition) is 6. The summed E-state index contributed by atoms with van der Waals surface area (Å²) in [4.78, 5) is 33.6. The third kappa shape index (κ3) is 5.99. The van der Waals surface area contributed by atoms with E-state index < -0.39 is 29.2 Å². The molecule has 1 amide bonds. The van der Waals surface area contributed by atoms with Crippen molar-refractivity contribution in [3.63, 3.8) is 0 Å². The second-order valence-corrected chi connectivity index (χ2v) is 9.65. The summed E-state index contributed by atoms with van der Waals surface area (Å²) in [5.41, 5.74) is -0.0171. The summed E-state index contributed by atoms with van der Waals surface area (Å²) in [6, 6.07) is -0.342. The van der Waals surface area contributed by atoms with Crippen molar-refractivity contribution in [3.8, 4) is 5.88 Å².